The number of nitrogens with one attached hydrogen (secondary N) is 2. The third-order valence-corrected chi connectivity index (χ3v) is 4.06. The molecule has 2 aromatic rings. The summed E-state index contributed by atoms with van der Waals surface area (Å²) in [5.41, 5.74) is 4.57. The van der Waals surface area contributed by atoms with Crippen molar-refractivity contribution in [3.63, 3.8) is 0 Å². The highest BCUT2D eigenvalue weighted by Gasteiger charge is 2.09. The Morgan fingerprint density at radius 1 is 1.17 bits per heavy atom. The minimum atomic E-state index is 0.528. The SMILES string of the molecule is Cc1c(Br)cccc1Nc1ncnc(NN)c1Br. The first-order valence-electron chi connectivity index (χ1n) is 5.12. The van der Waals surface area contributed by atoms with Crippen LogP contribution in [0.1, 0.15) is 5.56 Å². The van der Waals surface area contributed by atoms with E-state index in [1.807, 2.05) is 25.1 Å². The summed E-state index contributed by atoms with van der Waals surface area (Å²) < 4.78 is 1.72. The number of nitrogen functional groups attached to an aromatic ring is 1. The standard InChI is InChI=1S/C11H11Br2N5/c1-6-7(12)3-2-4-8(6)17-10-9(13)11(18-14)16-5-15-10/h2-5H,14H2,1H3,(H2,15,16,17,18). The molecule has 0 atom stereocenters. The fraction of sp³-hybridized carbons (Fsp3) is 0.0909. The van der Waals surface area contributed by atoms with E-state index < -0.39 is 0 Å². The number of halogens is 2. The van der Waals surface area contributed by atoms with Crippen molar-refractivity contribution in [1.29, 1.82) is 0 Å². The van der Waals surface area contributed by atoms with Crippen molar-refractivity contribution in [2.24, 2.45) is 5.84 Å². The molecule has 0 amide bonds. The molecule has 0 aliphatic heterocycles. The van der Waals surface area contributed by atoms with Crippen molar-refractivity contribution in [2.75, 3.05) is 10.7 Å². The largest absolute Gasteiger partial charge is 0.339 e. The topological polar surface area (TPSA) is 75.9 Å². The molecule has 0 radical (unpaired) electrons. The first-order chi connectivity index (χ1) is 8.63. The molecule has 0 saturated heterocycles. The quantitative estimate of drug-likeness (QED) is 0.569. The smallest absolute Gasteiger partial charge is 0.159 e. The molecule has 2 rings (SSSR count). The highest BCUT2D eigenvalue weighted by molar-refractivity contribution is 9.11. The van der Waals surface area contributed by atoms with E-state index >= 15 is 0 Å². The Labute approximate surface area is 121 Å². The summed E-state index contributed by atoms with van der Waals surface area (Å²) in [6.07, 6.45) is 1.44. The van der Waals surface area contributed by atoms with Gasteiger partial charge in [0.2, 0.25) is 0 Å². The molecule has 1 heterocycles. The molecule has 1 aromatic heterocycles. The lowest BCUT2D eigenvalue weighted by Gasteiger charge is -2.12. The molecule has 0 aliphatic carbocycles. The van der Waals surface area contributed by atoms with Crippen molar-refractivity contribution in [3.8, 4) is 0 Å². The average molecular weight is 373 g/mol. The zero-order valence-corrected chi connectivity index (χ0v) is 12.7. The second-order valence-electron chi connectivity index (χ2n) is 3.57. The van der Waals surface area contributed by atoms with E-state index in [1.165, 1.54) is 6.33 Å². The number of hydrogen-bond acceptors (Lipinski definition) is 5. The second kappa shape index (κ2) is 5.64. The zero-order valence-electron chi connectivity index (χ0n) is 9.54. The summed E-state index contributed by atoms with van der Waals surface area (Å²) in [7, 11) is 0. The van der Waals surface area contributed by atoms with Gasteiger partial charge in [-0.15, -0.1) is 0 Å². The normalized spacial score (nSPS) is 10.2. The Hall–Kier alpha value is -1.18. The Morgan fingerprint density at radius 2 is 1.89 bits per heavy atom. The lowest BCUT2D eigenvalue weighted by Crippen LogP contribution is -2.10. The van der Waals surface area contributed by atoms with Crippen molar-refractivity contribution in [2.45, 2.75) is 6.92 Å². The summed E-state index contributed by atoms with van der Waals surface area (Å²) in [4.78, 5) is 8.17. The van der Waals surface area contributed by atoms with E-state index in [-0.39, 0.29) is 0 Å². The average Bonchev–Trinajstić information content (AvgIpc) is 2.37. The second-order valence-corrected chi connectivity index (χ2v) is 5.21. The number of nitrogens with zero attached hydrogens (tertiary/aromatic N) is 2. The third-order valence-electron chi connectivity index (χ3n) is 2.45. The zero-order chi connectivity index (χ0) is 13.1. The molecular formula is C11H11Br2N5. The predicted molar refractivity (Wildman–Crippen MR) is 79.7 cm³/mol. The maximum absolute atomic E-state index is 5.36. The fourth-order valence-corrected chi connectivity index (χ4v) is 2.21. The van der Waals surface area contributed by atoms with Gasteiger partial charge in [0, 0.05) is 10.2 Å². The molecule has 1 aromatic carbocycles. The van der Waals surface area contributed by atoms with E-state index in [0.717, 1.165) is 15.7 Å². The van der Waals surface area contributed by atoms with Gasteiger partial charge in [-0.25, -0.2) is 15.8 Å². The van der Waals surface area contributed by atoms with Crippen LogP contribution < -0.4 is 16.6 Å². The Bertz CT molecular complexity index is 573. The van der Waals surface area contributed by atoms with Crippen LogP contribution in [0.15, 0.2) is 33.5 Å². The van der Waals surface area contributed by atoms with Gasteiger partial charge >= 0.3 is 0 Å². The van der Waals surface area contributed by atoms with Crippen molar-refractivity contribution >= 4 is 49.2 Å². The molecule has 0 spiro atoms. The van der Waals surface area contributed by atoms with Crippen LogP contribution in [0.2, 0.25) is 0 Å². The maximum atomic E-state index is 5.36. The Kier molecular flexibility index (Phi) is 4.15. The van der Waals surface area contributed by atoms with Gasteiger partial charge in [-0.3, -0.25) is 0 Å². The van der Waals surface area contributed by atoms with Crippen LogP contribution in [-0.4, -0.2) is 9.97 Å². The van der Waals surface area contributed by atoms with E-state index in [4.69, 9.17) is 5.84 Å². The van der Waals surface area contributed by atoms with Gasteiger partial charge in [-0.2, -0.15) is 0 Å². The molecule has 4 N–H and O–H groups in total. The first kappa shape index (κ1) is 13.3. The van der Waals surface area contributed by atoms with Crippen LogP contribution in [0.4, 0.5) is 17.3 Å². The molecule has 5 nitrogen and oxygen atoms in total. The number of anilines is 3. The molecule has 0 bridgehead atoms. The van der Waals surface area contributed by atoms with Crippen molar-refractivity contribution in [1.82, 2.24) is 9.97 Å². The number of nitrogens with two attached hydrogens (primary N) is 1. The number of hydrogen-bond donors (Lipinski definition) is 3. The van der Waals surface area contributed by atoms with Crippen LogP contribution in [0.25, 0.3) is 0 Å². The van der Waals surface area contributed by atoms with E-state index in [1.54, 1.807) is 0 Å². The van der Waals surface area contributed by atoms with Gasteiger partial charge < -0.3 is 10.7 Å². The minimum absolute atomic E-state index is 0.528. The highest BCUT2D eigenvalue weighted by Crippen LogP contribution is 2.31. The van der Waals surface area contributed by atoms with Crippen LogP contribution in [0, 0.1) is 6.92 Å². The van der Waals surface area contributed by atoms with Gasteiger partial charge in [0.05, 0.1) is 0 Å². The lowest BCUT2D eigenvalue weighted by molar-refractivity contribution is 1.12. The van der Waals surface area contributed by atoms with Crippen LogP contribution >= 0.6 is 31.9 Å². The molecular weight excluding hydrogens is 362 g/mol. The van der Waals surface area contributed by atoms with E-state index in [9.17, 15) is 0 Å². The predicted octanol–water partition coefficient (Wildman–Crippen LogP) is 3.34. The molecule has 0 fully saturated rings. The number of hydrazine groups is 1. The molecule has 18 heavy (non-hydrogen) atoms. The molecule has 0 aliphatic rings. The fourth-order valence-electron chi connectivity index (χ4n) is 1.43. The van der Waals surface area contributed by atoms with E-state index in [0.29, 0.717) is 16.1 Å². The van der Waals surface area contributed by atoms with Gasteiger partial charge in [0.25, 0.3) is 0 Å². The monoisotopic (exact) mass is 371 g/mol. The number of aromatic nitrogens is 2. The number of rotatable bonds is 3. The molecule has 0 saturated carbocycles. The molecule has 7 heteroatoms. The van der Waals surface area contributed by atoms with Crippen LogP contribution in [-0.2, 0) is 0 Å². The van der Waals surface area contributed by atoms with Crippen molar-refractivity contribution in [3.05, 3.63) is 39.0 Å². The third kappa shape index (κ3) is 2.63. The van der Waals surface area contributed by atoms with Crippen LogP contribution in [0.5, 0.6) is 0 Å². The summed E-state index contributed by atoms with van der Waals surface area (Å²) in [5, 5.41) is 3.23. The Balaban J connectivity index is 2.37. The van der Waals surface area contributed by atoms with Gasteiger partial charge in [0.15, 0.2) is 5.82 Å². The van der Waals surface area contributed by atoms with Gasteiger partial charge in [-0.05, 0) is 40.5 Å². The van der Waals surface area contributed by atoms with Gasteiger partial charge in [0.1, 0.15) is 16.6 Å². The number of benzene rings is 1. The Morgan fingerprint density at radius 3 is 2.61 bits per heavy atom. The lowest BCUT2D eigenvalue weighted by atomic mass is 10.2. The van der Waals surface area contributed by atoms with Gasteiger partial charge in [-0.1, -0.05) is 22.0 Å². The minimum Gasteiger partial charge on any atom is -0.339 e. The summed E-state index contributed by atoms with van der Waals surface area (Å²) in [6, 6.07) is 5.92. The van der Waals surface area contributed by atoms with Crippen molar-refractivity contribution < 1.29 is 0 Å². The van der Waals surface area contributed by atoms with Crippen LogP contribution in [0.3, 0.4) is 0 Å². The summed E-state index contributed by atoms with van der Waals surface area (Å²) >= 11 is 6.89. The summed E-state index contributed by atoms with van der Waals surface area (Å²) in [6.45, 7) is 2.02. The molecule has 0 unspecified atom stereocenters. The van der Waals surface area contributed by atoms with E-state index in [2.05, 4.69) is 52.6 Å². The first-order valence-corrected chi connectivity index (χ1v) is 6.71. The molecule has 94 valence electrons. The highest BCUT2D eigenvalue weighted by atomic mass is 79.9. The maximum Gasteiger partial charge on any atom is 0.159 e. The summed E-state index contributed by atoms with van der Waals surface area (Å²) in [5.74, 6) is 6.54.